The van der Waals surface area contributed by atoms with Crippen LogP contribution in [0.1, 0.15) is 12.7 Å². The van der Waals surface area contributed by atoms with Gasteiger partial charge in [-0.1, -0.05) is 0 Å². The van der Waals surface area contributed by atoms with E-state index in [1.54, 1.807) is 36.7 Å². The number of nitrogens with one attached hydrogen (secondary N) is 1. The maximum absolute atomic E-state index is 10.4. The Hall–Kier alpha value is -1.92. The molecule has 0 fully saturated rings. The van der Waals surface area contributed by atoms with Crippen molar-refractivity contribution in [3.05, 3.63) is 41.9 Å². The number of thiophene rings is 1. The van der Waals surface area contributed by atoms with Crippen molar-refractivity contribution in [2.45, 2.75) is 12.5 Å². The lowest BCUT2D eigenvalue weighted by molar-refractivity contribution is 0.0476. The Bertz CT molecular complexity index is 676. The van der Waals surface area contributed by atoms with Crippen LogP contribution in [-0.2, 0) is 5.60 Å². The molecule has 98 valence electrons. The van der Waals surface area contributed by atoms with Crippen LogP contribution in [0.15, 0.2) is 40.6 Å². The summed E-state index contributed by atoms with van der Waals surface area (Å²) in [6.07, 6.45) is 3.06. The first-order valence-corrected chi connectivity index (χ1v) is 6.73. The molecular weight excluding hydrogens is 262 g/mol. The molecule has 1 unspecified atom stereocenters. The van der Waals surface area contributed by atoms with Crippen LogP contribution < -0.4 is 5.32 Å². The van der Waals surface area contributed by atoms with E-state index in [2.05, 4.69) is 15.3 Å². The van der Waals surface area contributed by atoms with E-state index in [9.17, 15) is 5.11 Å². The van der Waals surface area contributed by atoms with Gasteiger partial charge in [0.05, 0.1) is 18.2 Å². The predicted octanol–water partition coefficient (Wildman–Crippen LogP) is 2.60. The average molecular weight is 275 g/mol. The van der Waals surface area contributed by atoms with E-state index >= 15 is 0 Å². The normalized spacial score (nSPS) is 14.4. The fourth-order valence-electron chi connectivity index (χ4n) is 1.86. The zero-order valence-electron chi connectivity index (χ0n) is 10.3. The van der Waals surface area contributed by atoms with E-state index in [0.29, 0.717) is 12.3 Å². The number of nitrogens with zero attached hydrogens (tertiary/aromatic N) is 2. The van der Waals surface area contributed by atoms with Crippen molar-refractivity contribution in [2.75, 3.05) is 11.9 Å². The lowest BCUT2D eigenvalue weighted by Gasteiger charge is -2.21. The molecule has 5 nitrogen and oxygen atoms in total. The first kappa shape index (κ1) is 12.1. The number of aromatic nitrogens is 2. The molecule has 0 aliphatic heterocycles. The Balaban J connectivity index is 1.81. The molecule has 2 N–H and O–H groups in total. The topological polar surface area (TPSA) is 71.2 Å². The van der Waals surface area contributed by atoms with Crippen LogP contribution in [0.25, 0.3) is 10.2 Å². The maximum atomic E-state index is 10.4. The van der Waals surface area contributed by atoms with Gasteiger partial charge in [0.1, 0.15) is 28.3 Å². The van der Waals surface area contributed by atoms with Gasteiger partial charge in [-0.2, -0.15) is 0 Å². The summed E-state index contributed by atoms with van der Waals surface area (Å²) in [5.74, 6) is 1.24. The molecule has 19 heavy (non-hydrogen) atoms. The van der Waals surface area contributed by atoms with Gasteiger partial charge >= 0.3 is 0 Å². The molecule has 0 aliphatic carbocycles. The SMILES string of the molecule is CC(O)(CNc1ncnc2sccc12)c1ccco1. The Morgan fingerprint density at radius 1 is 1.42 bits per heavy atom. The maximum Gasteiger partial charge on any atom is 0.138 e. The van der Waals surface area contributed by atoms with Gasteiger partial charge in [-0.3, -0.25) is 0 Å². The highest BCUT2D eigenvalue weighted by Gasteiger charge is 2.26. The van der Waals surface area contributed by atoms with Crippen molar-refractivity contribution in [1.29, 1.82) is 0 Å². The number of rotatable bonds is 4. The number of fused-ring (bicyclic) bond motifs is 1. The minimum absolute atomic E-state index is 0.308. The van der Waals surface area contributed by atoms with E-state index < -0.39 is 5.60 Å². The molecule has 3 rings (SSSR count). The third kappa shape index (κ3) is 2.32. The van der Waals surface area contributed by atoms with Gasteiger partial charge in [-0.05, 0) is 30.5 Å². The number of furan rings is 1. The second-order valence-corrected chi connectivity index (χ2v) is 5.36. The Morgan fingerprint density at radius 3 is 3.11 bits per heavy atom. The molecule has 0 aliphatic rings. The third-order valence-corrected chi connectivity index (χ3v) is 3.73. The highest BCUT2D eigenvalue weighted by molar-refractivity contribution is 7.16. The molecule has 1 atom stereocenters. The Kier molecular flexibility index (Phi) is 2.96. The first-order chi connectivity index (χ1) is 9.17. The number of hydrogen-bond acceptors (Lipinski definition) is 6. The zero-order chi connectivity index (χ0) is 13.3. The smallest absolute Gasteiger partial charge is 0.138 e. The van der Waals surface area contributed by atoms with Crippen LogP contribution >= 0.6 is 11.3 Å². The van der Waals surface area contributed by atoms with Gasteiger partial charge in [0, 0.05) is 0 Å². The van der Waals surface area contributed by atoms with E-state index in [4.69, 9.17) is 4.42 Å². The number of aliphatic hydroxyl groups is 1. The Morgan fingerprint density at radius 2 is 2.32 bits per heavy atom. The molecule has 0 spiro atoms. The lowest BCUT2D eigenvalue weighted by atomic mass is 10.0. The first-order valence-electron chi connectivity index (χ1n) is 5.85. The van der Waals surface area contributed by atoms with E-state index in [-0.39, 0.29) is 0 Å². The minimum Gasteiger partial charge on any atom is -0.466 e. The van der Waals surface area contributed by atoms with Crippen molar-refractivity contribution < 1.29 is 9.52 Å². The molecule has 6 heteroatoms. The van der Waals surface area contributed by atoms with Crippen LogP contribution in [0.5, 0.6) is 0 Å². The van der Waals surface area contributed by atoms with Crippen molar-refractivity contribution in [2.24, 2.45) is 0 Å². The third-order valence-electron chi connectivity index (χ3n) is 2.91. The van der Waals surface area contributed by atoms with Crippen molar-refractivity contribution >= 4 is 27.4 Å². The van der Waals surface area contributed by atoms with Crippen LogP contribution in [0.4, 0.5) is 5.82 Å². The Labute approximate surface area is 113 Å². The summed E-state index contributed by atoms with van der Waals surface area (Å²) >= 11 is 1.56. The molecule has 0 bridgehead atoms. The standard InChI is InChI=1S/C13H13N3O2S/c1-13(17,10-3-2-5-18-10)7-14-11-9-4-6-19-12(9)16-8-15-11/h2-6,8,17H,7H2,1H3,(H,14,15,16). The summed E-state index contributed by atoms with van der Waals surface area (Å²) in [7, 11) is 0. The molecule has 0 radical (unpaired) electrons. The fraction of sp³-hybridized carbons (Fsp3) is 0.231. The van der Waals surface area contributed by atoms with Gasteiger partial charge < -0.3 is 14.8 Å². The molecule has 0 saturated heterocycles. The van der Waals surface area contributed by atoms with Crippen molar-refractivity contribution in [3.63, 3.8) is 0 Å². The lowest BCUT2D eigenvalue weighted by Crippen LogP contribution is -2.30. The zero-order valence-corrected chi connectivity index (χ0v) is 11.1. The predicted molar refractivity (Wildman–Crippen MR) is 74.2 cm³/mol. The summed E-state index contributed by atoms with van der Waals surface area (Å²) in [4.78, 5) is 9.31. The highest BCUT2D eigenvalue weighted by atomic mass is 32.1. The van der Waals surface area contributed by atoms with Crippen molar-refractivity contribution in [3.8, 4) is 0 Å². The molecule has 3 heterocycles. The van der Waals surface area contributed by atoms with Crippen molar-refractivity contribution in [1.82, 2.24) is 9.97 Å². The molecule has 0 aromatic carbocycles. The monoisotopic (exact) mass is 275 g/mol. The number of hydrogen-bond donors (Lipinski definition) is 2. The van der Waals surface area contributed by atoms with Gasteiger partial charge in [-0.15, -0.1) is 11.3 Å². The molecule has 3 aromatic rings. The molecule has 0 saturated carbocycles. The fourth-order valence-corrected chi connectivity index (χ4v) is 2.59. The summed E-state index contributed by atoms with van der Waals surface area (Å²) in [5.41, 5.74) is -1.09. The second-order valence-electron chi connectivity index (χ2n) is 4.47. The summed E-state index contributed by atoms with van der Waals surface area (Å²) in [6, 6.07) is 5.47. The minimum atomic E-state index is -1.09. The largest absolute Gasteiger partial charge is 0.466 e. The number of anilines is 1. The quantitative estimate of drug-likeness (QED) is 0.766. The molecule has 3 aromatic heterocycles. The summed E-state index contributed by atoms with van der Waals surface area (Å²) < 4.78 is 5.24. The summed E-state index contributed by atoms with van der Waals surface area (Å²) in [6.45, 7) is 2.01. The summed E-state index contributed by atoms with van der Waals surface area (Å²) in [5, 5.41) is 16.4. The van der Waals surface area contributed by atoms with Crippen LogP contribution in [0, 0.1) is 0 Å². The van der Waals surface area contributed by atoms with Crippen LogP contribution in [0.3, 0.4) is 0 Å². The van der Waals surface area contributed by atoms with Gasteiger partial charge in [0.15, 0.2) is 0 Å². The highest BCUT2D eigenvalue weighted by Crippen LogP contribution is 2.26. The average Bonchev–Trinajstić information content (AvgIpc) is 3.07. The van der Waals surface area contributed by atoms with E-state index in [0.717, 1.165) is 16.0 Å². The molecular formula is C13H13N3O2S. The van der Waals surface area contributed by atoms with Crippen LogP contribution in [-0.4, -0.2) is 21.6 Å². The van der Waals surface area contributed by atoms with E-state index in [1.807, 2.05) is 11.4 Å². The molecule has 0 amide bonds. The van der Waals surface area contributed by atoms with Gasteiger partial charge in [-0.25, -0.2) is 9.97 Å². The van der Waals surface area contributed by atoms with E-state index in [1.165, 1.54) is 6.33 Å². The van der Waals surface area contributed by atoms with Crippen LogP contribution in [0.2, 0.25) is 0 Å². The second kappa shape index (κ2) is 4.64. The van der Waals surface area contributed by atoms with Gasteiger partial charge in [0.2, 0.25) is 0 Å². The van der Waals surface area contributed by atoms with Gasteiger partial charge in [0.25, 0.3) is 0 Å².